The van der Waals surface area contributed by atoms with Crippen LogP contribution in [0.25, 0.3) is 27.7 Å². The Morgan fingerprint density at radius 1 is 1.38 bits per heavy atom. The lowest BCUT2D eigenvalue weighted by molar-refractivity contribution is -0.117. The maximum absolute atomic E-state index is 14.8. The quantitative estimate of drug-likeness (QED) is 0.469. The number of H-pyrrole nitrogens is 1. The van der Waals surface area contributed by atoms with Gasteiger partial charge in [0.05, 0.1) is 34.5 Å². The molecule has 3 N–H and O–H groups in total. The Balaban J connectivity index is 1.58. The highest BCUT2D eigenvalue weighted by molar-refractivity contribution is 6.36. The van der Waals surface area contributed by atoms with Crippen molar-refractivity contribution in [1.29, 1.82) is 0 Å². The number of imidazole rings is 1. The largest absolute Gasteiger partial charge is 0.384 e. The number of rotatable bonds is 4. The molecule has 0 radical (unpaired) electrons. The first-order valence-electron chi connectivity index (χ1n) is 8.93. The number of anilines is 2. The molecule has 0 bridgehead atoms. The fourth-order valence-corrected chi connectivity index (χ4v) is 3.79. The fraction of sp³-hybridized carbons (Fsp3) is 0.211. The third-order valence-corrected chi connectivity index (χ3v) is 5.44. The predicted molar refractivity (Wildman–Crippen MR) is 106 cm³/mol. The highest BCUT2D eigenvalue weighted by atomic mass is 35.5. The van der Waals surface area contributed by atoms with Crippen molar-refractivity contribution < 1.29 is 13.6 Å². The molecule has 0 saturated heterocycles. The van der Waals surface area contributed by atoms with Crippen LogP contribution in [-0.2, 0) is 4.79 Å². The first-order valence-corrected chi connectivity index (χ1v) is 9.31. The second-order valence-electron chi connectivity index (χ2n) is 6.94. The van der Waals surface area contributed by atoms with Gasteiger partial charge in [0.2, 0.25) is 5.91 Å². The first-order chi connectivity index (χ1) is 14.0. The van der Waals surface area contributed by atoms with Crippen molar-refractivity contribution in [2.24, 2.45) is 5.92 Å². The van der Waals surface area contributed by atoms with Gasteiger partial charge < -0.3 is 15.0 Å². The van der Waals surface area contributed by atoms with Crippen LogP contribution in [-0.4, -0.2) is 38.7 Å². The topological polar surface area (TPSA) is 87.1 Å². The molecule has 4 aromatic rings. The number of benzene rings is 1. The third-order valence-electron chi connectivity index (χ3n) is 5.08. The van der Waals surface area contributed by atoms with Gasteiger partial charge in [0.25, 0.3) is 0 Å². The van der Waals surface area contributed by atoms with E-state index < -0.39 is 17.9 Å². The zero-order valence-corrected chi connectivity index (χ0v) is 15.9. The van der Waals surface area contributed by atoms with Crippen molar-refractivity contribution in [3.05, 3.63) is 41.6 Å². The molecule has 0 aliphatic heterocycles. The molecule has 3 aromatic heterocycles. The number of fused-ring (bicyclic) bond motifs is 2. The number of aromatic nitrogens is 4. The van der Waals surface area contributed by atoms with Crippen LogP contribution in [0.4, 0.5) is 20.3 Å². The Hall–Kier alpha value is -3.20. The molecule has 2 unspecified atom stereocenters. The molecule has 0 spiro atoms. The molecule has 1 aliphatic carbocycles. The van der Waals surface area contributed by atoms with Gasteiger partial charge in [0, 0.05) is 29.8 Å². The van der Waals surface area contributed by atoms with E-state index in [4.69, 9.17) is 11.6 Å². The minimum Gasteiger partial charge on any atom is -0.384 e. The zero-order valence-electron chi connectivity index (χ0n) is 15.1. The Kier molecular flexibility index (Phi) is 3.95. The van der Waals surface area contributed by atoms with Crippen molar-refractivity contribution in [2.45, 2.75) is 12.6 Å². The van der Waals surface area contributed by atoms with Crippen LogP contribution in [0, 0.1) is 11.7 Å². The summed E-state index contributed by atoms with van der Waals surface area (Å²) in [6, 6.07) is 3.49. The molecule has 3 heterocycles. The predicted octanol–water partition coefficient (Wildman–Crippen LogP) is 4.01. The van der Waals surface area contributed by atoms with Crippen molar-refractivity contribution in [1.82, 2.24) is 19.6 Å². The summed E-state index contributed by atoms with van der Waals surface area (Å²) in [6.07, 6.45) is 4.11. The number of nitrogens with zero attached hydrogens (tertiary/aromatic N) is 3. The molecule has 1 fully saturated rings. The number of carbonyl (C=O) groups is 1. The van der Waals surface area contributed by atoms with Gasteiger partial charge in [-0.05, 0) is 18.6 Å². The summed E-state index contributed by atoms with van der Waals surface area (Å²) in [5, 5.41) is 12.9. The van der Waals surface area contributed by atoms with Crippen LogP contribution in [0.3, 0.4) is 0 Å². The van der Waals surface area contributed by atoms with E-state index in [9.17, 15) is 13.6 Å². The summed E-state index contributed by atoms with van der Waals surface area (Å²) in [4.78, 5) is 16.2. The molecule has 29 heavy (non-hydrogen) atoms. The number of alkyl halides is 1. The van der Waals surface area contributed by atoms with Gasteiger partial charge in [0.15, 0.2) is 11.6 Å². The number of amides is 1. The molecule has 1 amide bonds. The van der Waals surface area contributed by atoms with Crippen LogP contribution in [0.5, 0.6) is 0 Å². The second kappa shape index (κ2) is 6.41. The molecule has 1 saturated carbocycles. The molecule has 5 rings (SSSR count). The minimum absolute atomic E-state index is 0.0287. The van der Waals surface area contributed by atoms with E-state index in [-0.39, 0.29) is 23.0 Å². The monoisotopic (exact) mass is 416 g/mol. The average Bonchev–Trinajstić information content (AvgIpc) is 3.08. The van der Waals surface area contributed by atoms with Gasteiger partial charge >= 0.3 is 0 Å². The Labute approximate surface area is 168 Å². The van der Waals surface area contributed by atoms with Gasteiger partial charge in [-0.15, -0.1) is 0 Å². The fourth-order valence-electron chi connectivity index (χ4n) is 3.48. The molecule has 1 aliphatic rings. The van der Waals surface area contributed by atoms with Crippen LogP contribution in [0.2, 0.25) is 5.02 Å². The molecular formula is C19H15ClF2N6O. The maximum Gasteiger partial charge on any atom is 0.231 e. The van der Waals surface area contributed by atoms with E-state index in [1.54, 1.807) is 42.2 Å². The van der Waals surface area contributed by atoms with E-state index in [2.05, 4.69) is 25.8 Å². The summed E-state index contributed by atoms with van der Waals surface area (Å²) in [7, 11) is 1.61. The second-order valence-corrected chi connectivity index (χ2v) is 7.32. The third kappa shape index (κ3) is 2.80. The Morgan fingerprint density at radius 2 is 2.17 bits per heavy atom. The Morgan fingerprint density at radius 3 is 2.90 bits per heavy atom. The average molecular weight is 417 g/mol. The summed E-state index contributed by atoms with van der Waals surface area (Å²) < 4.78 is 29.5. The van der Waals surface area contributed by atoms with Crippen LogP contribution < -0.4 is 10.6 Å². The normalized spacial score (nSPS) is 18.3. The van der Waals surface area contributed by atoms with E-state index in [1.165, 1.54) is 0 Å². The highest BCUT2D eigenvalue weighted by Crippen LogP contribution is 2.41. The lowest BCUT2D eigenvalue weighted by Gasteiger charge is -2.12. The molecule has 10 heteroatoms. The number of nitrogens with one attached hydrogen (secondary N) is 3. The van der Waals surface area contributed by atoms with Gasteiger partial charge in [-0.25, -0.2) is 13.8 Å². The first kappa shape index (κ1) is 17.9. The lowest BCUT2D eigenvalue weighted by Crippen LogP contribution is -2.15. The zero-order chi connectivity index (χ0) is 20.3. The van der Waals surface area contributed by atoms with Gasteiger partial charge in [-0.1, -0.05) is 11.6 Å². The van der Waals surface area contributed by atoms with Crippen LogP contribution in [0.15, 0.2) is 30.7 Å². The van der Waals surface area contributed by atoms with Crippen LogP contribution in [0.1, 0.15) is 6.42 Å². The molecular weight excluding hydrogens is 402 g/mol. The van der Waals surface area contributed by atoms with Gasteiger partial charge in [-0.2, -0.15) is 5.10 Å². The number of hydrogen-bond acceptors (Lipinski definition) is 4. The SMILES string of the molecule is CNc1c(F)c(Cl)c(-c2ccc3nc(NC(=O)C4CC4F)cn3c2)c2cn[nH]c12. The van der Waals surface area contributed by atoms with Crippen molar-refractivity contribution in [3.63, 3.8) is 0 Å². The number of pyridine rings is 1. The Bertz CT molecular complexity index is 1280. The number of halogens is 3. The maximum atomic E-state index is 14.8. The van der Waals surface area contributed by atoms with Crippen molar-refractivity contribution >= 4 is 45.6 Å². The lowest BCUT2D eigenvalue weighted by atomic mass is 10.0. The molecule has 1 aromatic carbocycles. The molecule has 7 nitrogen and oxygen atoms in total. The summed E-state index contributed by atoms with van der Waals surface area (Å²) >= 11 is 6.35. The minimum atomic E-state index is -1.08. The van der Waals surface area contributed by atoms with Crippen molar-refractivity contribution in [2.75, 3.05) is 17.7 Å². The number of aromatic amines is 1. The van der Waals surface area contributed by atoms with Crippen molar-refractivity contribution in [3.8, 4) is 11.1 Å². The molecule has 148 valence electrons. The van der Waals surface area contributed by atoms with E-state index >= 15 is 0 Å². The van der Waals surface area contributed by atoms with E-state index in [0.29, 0.717) is 33.5 Å². The van der Waals surface area contributed by atoms with Crippen LogP contribution >= 0.6 is 11.6 Å². The summed E-state index contributed by atoms with van der Waals surface area (Å²) in [5.41, 5.74) is 2.46. The highest BCUT2D eigenvalue weighted by Gasteiger charge is 2.43. The van der Waals surface area contributed by atoms with E-state index in [0.717, 1.165) is 0 Å². The molecule has 2 atom stereocenters. The standard InChI is InChI=1S/C19H15ClF2N6O/c1-23-18-16(22)15(20)14(10-5-24-27-17(10)18)8-2-3-13-25-12(7-28(13)6-8)26-19(29)9-4-11(9)21/h2-3,5-7,9,11,23H,4H2,1H3,(H,24,27)(H,26,29). The summed E-state index contributed by atoms with van der Waals surface area (Å²) in [6.45, 7) is 0. The number of carbonyl (C=O) groups excluding carboxylic acids is 1. The van der Waals surface area contributed by atoms with Gasteiger partial charge in [0.1, 0.15) is 11.8 Å². The number of hydrogen-bond donors (Lipinski definition) is 3. The van der Waals surface area contributed by atoms with Gasteiger partial charge in [-0.3, -0.25) is 9.89 Å². The summed E-state index contributed by atoms with van der Waals surface area (Å²) in [5.74, 6) is -1.24. The smallest absolute Gasteiger partial charge is 0.231 e. The van der Waals surface area contributed by atoms with E-state index in [1.807, 2.05) is 0 Å².